The van der Waals surface area contributed by atoms with E-state index in [0.29, 0.717) is 38.3 Å². The first-order valence-electron chi connectivity index (χ1n) is 9.31. The summed E-state index contributed by atoms with van der Waals surface area (Å²) >= 11 is 12.0. The Kier molecular flexibility index (Phi) is 5.62. The van der Waals surface area contributed by atoms with Gasteiger partial charge in [0.2, 0.25) is 11.8 Å². The van der Waals surface area contributed by atoms with Gasteiger partial charge < -0.3 is 9.73 Å². The molecule has 3 aromatic carbocycles. The Morgan fingerprint density at radius 2 is 1.77 bits per heavy atom. The molecule has 0 atom stereocenters. The molecule has 0 saturated heterocycles. The van der Waals surface area contributed by atoms with Crippen molar-refractivity contribution in [2.45, 2.75) is 13.8 Å². The van der Waals surface area contributed by atoms with E-state index in [4.69, 9.17) is 27.6 Å². The van der Waals surface area contributed by atoms with Crippen LogP contribution in [0.3, 0.4) is 0 Å². The average Bonchev–Trinajstić information content (AvgIpc) is 3.10. The van der Waals surface area contributed by atoms with Gasteiger partial charge in [-0.05, 0) is 68.0 Å². The number of rotatable bonds is 4. The lowest BCUT2D eigenvalue weighted by molar-refractivity contribution is -0.111. The summed E-state index contributed by atoms with van der Waals surface area (Å²) in [5.74, 6) is 0.274. The molecule has 0 saturated carbocycles. The molecule has 30 heavy (non-hydrogen) atoms. The van der Waals surface area contributed by atoms with E-state index in [1.54, 1.807) is 42.5 Å². The zero-order chi connectivity index (χ0) is 21.3. The molecule has 6 heteroatoms. The molecule has 0 spiro atoms. The maximum Gasteiger partial charge on any atom is 0.248 e. The van der Waals surface area contributed by atoms with Gasteiger partial charge in [0.25, 0.3) is 0 Å². The number of aryl methyl sites for hydroxylation is 2. The number of hydrogen-bond acceptors (Lipinski definition) is 3. The van der Waals surface area contributed by atoms with Gasteiger partial charge in [-0.25, -0.2) is 4.98 Å². The SMILES string of the molecule is Cc1cc(C)cc(-c2nc3cc(NC(=O)/C=C/c4ccc(Cl)cc4Cl)ccc3o2)c1. The number of carbonyl (C=O) groups excluding carboxylic acids is 1. The van der Waals surface area contributed by atoms with Gasteiger partial charge >= 0.3 is 0 Å². The van der Waals surface area contributed by atoms with Crippen LogP contribution in [0.5, 0.6) is 0 Å². The van der Waals surface area contributed by atoms with E-state index in [1.807, 2.05) is 26.0 Å². The molecule has 4 aromatic rings. The summed E-state index contributed by atoms with van der Waals surface area (Å²) in [6, 6.07) is 16.6. The highest BCUT2D eigenvalue weighted by atomic mass is 35.5. The molecule has 0 unspecified atom stereocenters. The molecular weight excluding hydrogens is 419 g/mol. The summed E-state index contributed by atoms with van der Waals surface area (Å²) in [6.45, 7) is 4.08. The Bertz CT molecular complexity index is 1270. The zero-order valence-corrected chi connectivity index (χ0v) is 17.9. The highest BCUT2D eigenvalue weighted by molar-refractivity contribution is 6.35. The summed E-state index contributed by atoms with van der Waals surface area (Å²) in [4.78, 5) is 16.9. The van der Waals surface area contributed by atoms with Crippen LogP contribution in [-0.2, 0) is 4.79 Å². The molecule has 0 radical (unpaired) electrons. The molecule has 1 N–H and O–H groups in total. The largest absolute Gasteiger partial charge is 0.436 e. The zero-order valence-electron chi connectivity index (χ0n) is 16.4. The summed E-state index contributed by atoms with van der Waals surface area (Å²) in [7, 11) is 0. The second kappa shape index (κ2) is 8.34. The van der Waals surface area contributed by atoms with Crippen molar-refractivity contribution in [1.29, 1.82) is 0 Å². The van der Waals surface area contributed by atoms with Crippen molar-refractivity contribution in [3.05, 3.63) is 87.4 Å². The summed E-state index contributed by atoms with van der Waals surface area (Å²) in [5.41, 5.74) is 5.89. The lowest BCUT2D eigenvalue weighted by Gasteiger charge is -2.02. The maximum absolute atomic E-state index is 12.3. The number of carbonyl (C=O) groups is 1. The minimum Gasteiger partial charge on any atom is -0.436 e. The normalized spacial score (nSPS) is 11.3. The molecule has 4 nitrogen and oxygen atoms in total. The number of anilines is 1. The smallest absolute Gasteiger partial charge is 0.248 e. The van der Waals surface area contributed by atoms with Gasteiger partial charge in [-0.1, -0.05) is 46.5 Å². The molecule has 1 aromatic heterocycles. The average molecular weight is 437 g/mol. The topological polar surface area (TPSA) is 55.1 Å². The van der Waals surface area contributed by atoms with Crippen molar-refractivity contribution in [3.63, 3.8) is 0 Å². The number of amides is 1. The van der Waals surface area contributed by atoms with Gasteiger partial charge in [-0.15, -0.1) is 0 Å². The van der Waals surface area contributed by atoms with Gasteiger partial charge in [0, 0.05) is 27.4 Å². The second-order valence-electron chi connectivity index (χ2n) is 7.07. The van der Waals surface area contributed by atoms with Crippen LogP contribution in [0, 0.1) is 13.8 Å². The number of nitrogens with one attached hydrogen (secondary N) is 1. The Morgan fingerprint density at radius 3 is 2.50 bits per heavy atom. The molecule has 0 bridgehead atoms. The van der Waals surface area contributed by atoms with E-state index in [2.05, 4.69) is 16.4 Å². The predicted molar refractivity (Wildman–Crippen MR) is 123 cm³/mol. The minimum atomic E-state index is -0.279. The number of aromatic nitrogens is 1. The predicted octanol–water partition coefficient (Wildman–Crippen LogP) is 7.07. The number of oxazole rings is 1. The first kappa shape index (κ1) is 20.2. The van der Waals surface area contributed by atoms with Gasteiger partial charge in [-0.3, -0.25) is 4.79 Å². The van der Waals surface area contributed by atoms with Crippen molar-refractivity contribution in [2.24, 2.45) is 0 Å². The molecular formula is C24H18Cl2N2O2. The van der Waals surface area contributed by atoms with Crippen LogP contribution in [0.15, 0.2) is 65.1 Å². The Morgan fingerprint density at radius 1 is 1.00 bits per heavy atom. The number of halogens is 2. The van der Waals surface area contributed by atoms with Crippen molar-refractivity contribution >= 4 is 52.0 Å². The van der Waals surface area contributed by atoms with E-state index >= 15 is 0 Å². The molecule has 4 rings (SSSR count). The lowest BCUT2D eigenvalue weighted by atomic mass is 10.1. The summed E-state index contributed by atoms with van der Waals surface area (Å²) in [6.07, 6.45) is 3.06. The monoisotopic (exact) mass is 436 g/mol. The quantitative estimate of drug-likeness (QED) is 0.348. The fraction of sp³-hybridized carbons (Fsp3) is 0.0833. The van der Waals surface area contributed by atoms with Gasteiger partial charge in [0.15, 0.2) is 5.58 Å². The van der Waals surface area contributed by atoms with Crippen molar-refractivity contribution in [3.8, 4) is 11.5 Å². The van der Waals surface area contributed by atoms with E-state index < -0.39 is 0 Å². The number of nitrogens with zero attached hydrogens (tertiary/aromatic N) is 1. The van der Waals surface area contributed by atoms with Crippen LogP contribution in [0.4, 0.5) is 5.69 Å². The molecule has 0 aliphatic rings. The fourth-order valence-corrected chi connectivity index (χ4v) is 3.68. The summed E-state index contributed by atoms with van der Waals surface area (Å²) < 4.78 is 5.89. The van der Waals surface area contributed by atoms with E-state index in [1.165, 1.54) is 6.08 Å². The highest BCUT2D eigenvalue weighted by Crippen LogP contribution is 2.28. The Labute approximate surface area is 184 Å². The number of benzene rings is 3. The summed E-state index contributed by atoms with van der Waals surface area (Å²) in [5, 5.41) is 3.85. The first-order valence-corrected chi connectivity index (χ1v) is 10.1. The Balaban J connectivity index is 1.53. The molecule has 0 aliphatic heterocycles. The number of hydrogen-bond donors (Lipinski definition) is 1. The maximum atomic E-state index is 12.3. The number of fused-ring (bicyclic) bond motifs is 1. The highest BCUT2D eigenvalue weighted by Gasteiger charge is 2.10. The fourth-order valence-electron chi connectivity index (χ4n) is 3.21. The van der Waals surface area contributed by atoms with Crippen LogP contribution in [-0.4, -0.2) is 10.9 Å². The van der Waals surface area contributed by atoms with Crippen LogP contribution >= 0.6 is 23.2 Å². The van der Waals surface area contributed by atoms with E-state index in [0.717, 1.165) is 16.7 Å². The van der Waals surface area contributed by atoms with E-state index in [9.17, 15) is 4.79 Å². The van der Waals surface area contributed by atoms with Crippen LogP contribution in [0.2, 0.25) is 10.0 Å². The molecule has 150 valence electrons. The van der Waals surface area contributed by atoms with E-state index in [-0.39, 0.29) is 5.91 Å². The molecule has 0 aliphatic carbocycles. The van der Waals surface area contributed by atoms with Gasteiger partial charge in [-0.2, -0.15) is 0 Å². The van der Waals surface area contributed by atoms with Crippen molar-refractivity contribution in [2.75, 3.05) is 5.32 Å². The standard InChI is InChI=1S/C24H18Cl2N2O2/c1-14-9-15(2)11-17(10-14)24-28-21-13-19(6-7-22(21)30-24)27-23(29)8-4-16-3-5-18(25)12-20(16)26/h3-13H,1-2H3,(H,27,29)/b8-4+. The molecule has 1 heterocycles. The second-order valence-corrected chi connectivity index (χ2v) is 7.91. The van der Waals surface area contributed by atoms with Crippen LogP contribution in [0.25, 0.3) is 28.6 Å². The first-order chi connectivity index (χ1) is 14.4. The third-order valence-corrected chi connectivity index (χ3v) is 5.06. The van der Waals surface area contributed by atoms with Crippen LogP contribution in [0.1, 0.15) is 16.7 Å². The molecule has 0 fully saturated rings. The van der Waals surface area contributed by atoms with Gasteiger partial charge in [0.05, 0.1) is 0 Å². The third kappa shape index (κ3) is 4.56. The van der Waals surface area contributed by atoms with Gasteiger partial charge in [0.1, 0.15) is 5.52 Å². The minimum absolute atomic E-state index is 0.279. The lowest BCUT2D eigenvalue weighted by Crippen LogP contribution is -2.07. The van der Waals surface area contributed by atoms with Crippen molar-refractivity contribution < 1.29 is 9.21 Å². The van der Waals surface area contributed by atoms with Crippen LogP contribution < -0.4 is 5.32 Å². The Hall–Kier alpha value is -3.08. The third-order valence-electron chi connectivity index (χ3n) is 4.50. The van der Waals surface area contributed by atoms with Crippen molar-refractivity contribution in [1.82, 2.24) is 4.98 Å². The molecule has 1 amide bonds.